The van der Waals surface area contributed by atoms with Gasteiger partial charge in [-0.2, -0.15) is 0 Å². The van der Waals surface area contributed by atoms with Gasteiger partial charge in [0.25, 0.3) is 11.8 Å². The molecule has 27 heavy (non-hydrogen) atoms. The van der Waals surface area contributed by atoms with Gasteiger partial charge in [-0.3, -0.25) is 9.69 Å². The van der Waals surface area contributed by atoms with Crippen LogP contribution in [0.5, 0.6) is 0 Å². The van der Waals surface area contributed by atoms with Crippen molar-refractivity contribution in [2.75, 3.05) is 26.2 Å². The molecule has 0 saturated carbocycles. The van der Waals surface area contributed by atoms with Crippen LogP contribution < -0.4 is 0 Å². The number of alkyl halides is 2. The van der Waals surface area contributed by atoms with E-state index in [4.69, 9.17) is 0 Å². The van der Waals surface area contributed by atoms with Crippen molar-refractivity contribution < 1.29 is 18.7 Å². The van der Waals surface area contributed by atoms with E-state index in [9.17, 15) is 18.7 Å². The lowest BCUT2D eigenvalue weighted by Gasteiger charge is -2.42. The number of piperidine rings is 2. The van der Waals surface area contributed by atoms with E-state index in [0.29, 0.717) is 44.8 Å². The molecule has 1 N–H and O–H groups in total. The summed E-state index contributed by atoms with van der Waals surface area (Å²) in [4.78, 5) is 16.1. The monoisotopic (exact) mass is 380 g/mol. The zero-order valence-electron chi connectivity index (χ0n) is 16.3. The van der Waals surface area contributed by atoms with E-state index in [0.717, 1.165) is 5.56 Å². The summed E-state index contributed by atoms with van der Waals surface area (Å²) in [6.45, 7) is 5.41. The van der Waals surface area contributed by atoms with E-state index < -0.39 is 11.5 Å². The van der Waals surface area contributed by atoms with Crippen LogP contribution in [0, 0.1) is 0 Å². The van der Waals surface area contributed by atoms with Crippen LogP contribution in [0.3, 0.4) is 0 Å². The standard InChI is InChI=1S/C21H30F2N2O2/c1-16(2)18-7-5-17(6-8-18)13-25-12-3-9-20(27,19(25)26)14-24-11-4-10-21(22,23)15-24/h5-8,16,27H,3-4,9-15H2,1-2H3/t20-/m1/s1. The molecule has 0 spiro atoms. The van der Waals surface area contributed by atoms with Crippen molar-refractivity contribution in [3.8, 4) is 0 Å². The van der Waals surface area contributed by atoms with Gasteiger partial charge >= 0.3 is 0 Å². The molecule has 1 aromatic rings. The van der Waals surface area contributed by atoms with Crippen molar-refractivity contribution in [1.82, 2.24) is 9.80 Å². The summed E-state index contributed by atoms with van der Waals surface area (Å²) in [6.07, 6.45) is 1.28. The fourth-order valence-corrected chi connectivity index (χ4v) is 4.14. The summed E-state index contributed by atoms with van der Waals surface area (Å²) >= 11 is 0. The van der Waals surface area contributed by atoms with Gasteiger partial charge in [-0.15, -0.1) is 0 Å². The number of carbonyl (C=O) groups is 1. The lowest BCUT2D eigenvalue weighted by atomic mass is 9.90. The maximum atomic E-state index is 13.7. The Labute approximate surface area is 160 Å². The van der Waals surface area contributed by atoms with Crippen molar-refractivity contribution in [2.45, 2.75) is 63.5 Å². The smallest absolute Gasteiger partial charge is 0.260 e. The highest BCUT2D eigenvalue weighted by Crippen LogP contribution is 2.30. The minimum atomic E-state index is -2.73. The number of aliphatic hydroxyl groups is 1. The number of halogens is 2. The van der Waals surface area contributed by atoms with Gasteiger partial charge in [0.2, 0.25) is 0 Å². The summed E-state index contributed by atoms with van der Waals surface area (Å²) in [5.41, 5.74) is 0.691. The first-order valence-electron chi connectivity index (χ1n) is 9.89. The van der Waals surface area contributed by atoms with Gasteiger partial charge in [-0.1, -0.05) is 38.1 Å². The number of amides is 1. The lowest BCUT2D eigenvalue weighted by Crippen LogP contribution is -2.60. The number of β-amino-alcohol motifs (C(OH)–C–C–N with tert-alkyl or cyclic N) is 1. The average Bonchev–Trinajstić information content (AvgIpc) is 2.59. The van der Waals surface area contributed by atoms with Gasteiger partial charge in [0.05, 0.1) is 6.54 Å². The molecule has 0 aromatic heterocycles. The number of hydrogen-bond acceptors (Lipinski definition) is 3. The minimum absolute atomic E-state index is 0.00971. The normalized spacial score (nSPS) is 26.6. The maximum absolute atomic E-state index is 13.7. The fraction of sp³-hybridized carbons (Fsp3) is 0.667. The molecule has 0 bridgehead atoms. The van der Waals surface area contributed by atoms with Crippen LogP contribution in [0.2, 0.25) is 0 Å². The first-order chi connectivity index (χ1) is 12.7. The van der Waals surface area contributed by atoms with Gasteiger partial charge < -0.3 is 10.0 Å². The summed E-state index contributed by atoms with van der Waals surface area (Å²) in [5.74, 6) is -2.62. The molecular weight excluding hydrogens is 350 g/mol. The predicted octanol–water partition coefficient (Wildman–Crippen LogP) is 3.39. The maximum Gasteiger partial charge on any atom is 0.260 e. The lowest BCUT2D eigenvalue weighted by molar-refractivity contribution is -0.163. The van der Waals surface area contributed by atoms with Crippen LogP contribution >= 0.6 is 0 Å². The number of likely N-dealkylation sites (tertiary alicyclic amines) is 2. The number of nitrogens with zero attached hydrogens (tertiary/aromatic N) is 2. The highest BCUT2D eigenvalue weighted by atomic mass is 19.3. The van der Waals surface area contributed by atoms with E-state index in [-0.39, 0.29) is 25.4 Å². The second-order valence-electron chi connectivity index (χ2n) is 8.43. The minimum Gasteiger partial charge on any atom is -0.379 e. The number of carbonyl (C=O) groups excluding carboxylic acids is 1. The first kappa shape index (κ1) is 20.2. The fourth-order valence-electron chi connectivity index (χ4n) is 4.14. The summed E-state index contributed by atoms with van der Waals surface area (Å²) in [6, 6.07) is 8.16. The predicted molar refractivity (Wildman–Crippen MR) is 101 cm³/mol. The largest absolute Gasteiger partial charge is 0.379 e. The molecule has 0 radical (unpaired) electrons. The van der Waals surface area contributed by atoms with Gasteiger partial charge in [-0.25, -0.2) is 8.78 Å². The van der Waals surface area contributed by atoms with Gasteiger partial charge in [0.1, 0.15) is 0 Å². The molecule has 2 heterocycles. The van der Waals surface area contributed by atoms with Gasteiger partial charge in [0, 0.05) is 26.1 Å². The molecule has 4 nitrogen and oxygen atoms in total. The molecule has 2 aliphatic rings. The van der Waals surface area contributed by atoms with Crippen LogP contribution in [0.15, 0.2) is 24.3 Å². The molecule has 2 aliphatic heterocycles. The number of benzene rings is 1. The molecule has 2 fully saturated rings. The van der Waals surface area contributed by atoms with Crippen molar-refractivity contribution in [3.05, 3.63) is 35.4 Å². The Morgan fingerprint density at radius 3 is 2.41 bits per heavy atom. The Balaban J connectivity index is 1.65. The molecule has 1 amide bonds. The molecule has 0 aliphatic carbocycles. The Morgan fingerprint density at radius 2 is 1.78 bits per heavy atom. The van der Waals surface area contributed by atoms with Crippen LogP contribution in [0.4, 0.5) is 8.78 Å². The van der Waals surface area contributed by atoms with Crippen molar-refractivity contribution >= 4 is 5.91 Å². The Kier molecular flexibility index (Phi) is 5.87. The molecular formula is C21H30F2N2O2. The average molecular weight is 380 g/mol. The van der Waals surface area contributed by atoms with Crippen molar-refractivity contribution in [2.24, 2.45) is 0 Å². The Hall–Kier alpha value is -1.53. The molecule has 150 valence electrons. The third-order valence-corrected chi connectivity index (χ3v) is 5.68. The second-order valence-corrected chi connectivity index (χ2v) is 8.43. The zero-order chi connectivity index (χ0) is 19.7. The second kappa shape index (κ2) is 7.84. The SMILES string of the molecule is CC(C)c1ccc(CN2CCC[C@@](O)(CN3CCCC(F)(F)C3)C2=O)cc1. The quantitative estimate of drug-likeness (QED) is 0.852. The third kappa shape index (κ3) is 4.85. The summed E-state index contributed by atoms with van der Waals surface area (Å²) in [5, 5.41) is 10.9. The van der Waals surface area contributed by atoms with E-state index >= 15 is 0 Å². The topological polar surface area (TPSA) is 43.8 Å². The molecule has 2 saturated heterocycles. The van der Waals surface area contributed by atoms with E-state index in [1.54, 1.807) is 9.80 Å². The highest BCUT2D eigenvalue weighted by molar-refractivity contribution is 5.86. The van der Waals surface area contributed by atoms with Crippen LogP contribution in [-0.2, 0) is 11.3 Å². The van der Waals surface area contributed by atoms with Crippen LogP contribution in [0.1, 0.15) is 56.6 Å². The molecule has 1 atom stereocenters. The summed E-state index contributed by atoms with van der Waals surface area (Å²) in [7, 11) is 0. The molecule has 6 heteroatoms. The van der Waals surface area contributed by atoms with Crippen LogP contribution in [0.25, 0.3) is 0 Å². The molecule has 3 rings (SSSR count). The van der Waals surface area contributed by atoms with Gasteiger partial charge in [-0.05, 0) is 42.9 Å². The third-order valence-electron chi connectivity index (χ3n) is 5.68. The number of hydrogen-bond donors (Lipinski definition) is 1. The Bertz CT molecular complexity index is 663. The van der Waals surface area contributed by atoms with Gasteiger partial charge in [0.15, 0.2) is 5.60 Å². The zero-order valence-corrected chi connectivity index (χ0v) is 16.3. The summed E-state index contributed by atoms with van der Waals surface area (Å²) < 4.78 is 27.3. The van der Waals surface area contributed by atoms with E-state index in [2.05, 4.69) is 26.0 Å². The Morgan fingerprint density at radius 1 is 1.11 bits per heavy atom. The highest BCUT2D eigenvalue weighted by Gasteiger charge is 2.45. The first-order valence-corrected chi connectivity index (χ1v) is 9.89. The van der Waals surface area contributed by atoms with Crippen molar-refractivity contribution in [3.63, 3.8) is 0 Å². The van der Waals surface area contributed by atoms with E-state index in [1.807, 2.05) is 12.1 Å². The number of rotatable bonds is 5. The van der Waals surface area contributed by atoms with Crippen LogP contribution in [-0.4, -0.2) is 58.5 Å². The van der Waals surface area contributed by atoms with Crippen molar-refractivity contribution in [1.29, 1.82) is 0 Å². The molecule has 1 aromatic carbocycles. The van der Waals surface area contributed by atoms with E-state index in [1.165, 1.54) is 5.56 Å². The molecule has 0 unspecified atom stereocenters.